The average Bonchev–Trinajstić information content (AvgIpc) is 2.58. The van der Waals surface area contributed by atoms with Gasteiger partial charge >= 0.3 is 10.4 Å². The first-order chi connectivity index (χ1) is 12.2. The van der Waals surface area contributed by atoms with Crippen LogP contribution in [0.2, 0.25) is 10.0 Å². The second-order valence-corrected chi connectivity index (χ2v) is 7.30. The molecule has 0 atom stereocenters. The zero-order valence-corrected chi connectivity index (χ0v) is 15.4. The quantitative estimate of drug-likeness (QED) is 0.611. The number of rotatable bonds is 3. The predicted molar refractivity (Wildman–Crippen MR) is 98.4 cm³/mol. The molecule has 0 radical (unpaired) electrons. The van der Waals surface area contributed by atoms with Gasteiger partial charge in [-0.25, -0.2) is 4.28 Å². The number of carbonyl (C=O) groups is 1. The Bertz CT molecular complexity index is 1010. The molecule has 0 unspecified atom stereocenters. The topological polar surface area (TPSA) is 96.3 Å². The Morgan fingerprint density at radius 2 is 1.88 bits per heavy atom. The molecule has 1 heterocycles. The monoisotopic (exact) mass is 414 g/mol. The third-order valence-corrected chi connectivity index (χ3v) is 4.43. The summed E-state index contributed by atoms with van der Waals surface area (Å²) in [6.07, 6.45) is 0.219. The Labute approximate surface area is 159 Å². The highest BCUT2D eigenvalue weighted by molar-refractivity contribution is 7.80. The van der Waals surface area contributed by atoms with E-state index < -0.39 is 10.4 Å². The Morgan fingerprint density at radius 1 is 1.15 bits per heavy atom. The fourth-order valence-electron chi connectivity index (χ4n) is 2.62. The summed E-state index contributed by atoms with van der Waals surface area (Å²) < 4.78 is 34.3. The summed E-state index contributed by atoms with van der Waals surface area (Å²) in [5, 5.41) is 4.31. The molecule has 26 heavy (non-hydrogen) atoms. The molecule has 10 heteroatoms. The van der Waals surface area contributed by atoms with Crippen molar-refractivity contribution in [3.8, 4) is 0 Å². The fourth-order valence-corrected chi connectivity index (χ4v) is 3.16. The summed E-state index contributed by atoms with van der Waals surface area (Å²) in [4.78, 5) is 14.4. The lowest BCUT2D eigenvalue weighted by Gasteiger charge is -2.30. The summed E-state index contributed by atoms with van der Waals surface area (Å²) >= 11 is 12.0. The number of benzene rings is 2. The lowest BCUT2D eigenvalue weighted by Crippen LogP contribution is -2.37. The maximum absolute atomic E-state index is 12.9. The normalized spacial score (nSPS) is 15.7. The first-order valence-electron chi connectivity index (χ1n) is 7.35. The molecule has 0 saturated heterocycles. The van der Waals surface area contributed by atoms with Gasteiger partial charge in [0.05, 0.1) is 11.4 Å². The smallest absolute Gasteiger partial charge is 0.307 e. The molecule has 0 fully saturated rings. The maximum Gasteiger partial charge on any atom is 0.466 e. The van der Waals surface area contributed by atoms with Crippen LogP contribution < -0.4 is 4.90 Å². The van der Waals surface area contributed by atoms with Gasteiger partial charge in [-0.15, -0.1) is 0 Å². The highest BCUT2D eigenvalue weighted by Gasteiger charge is 2.28. The van der Waals surface area contributed by atoms with Crippen LogP contribution in [-0.4, -0.2) is 31.1 Å². The van der Waals surface area contributed by atoms with E-state index in [1.165, 1.54) is 4.90 Å². The van der Waals surface area contributed by atoms with Crippen LogP contribution >= 0.6 is 23.2 Å². The van der Waals surface area contributed by atoms with Crippen LogP contribution in [-0.2, 0) is 14.7 Å². The molecule has 1 N–H and O–H groups in total. The highest BCUT2D eigenvalue weighted by Crippen LogP contribution is 2.32. The minimum Gasteiger partial charge on any atom is -0.307 e. The van der Waals surface area contributed by atoms with E-state index in [4.69, 9.17) is 27.8 Å². The molecule has 1 aliphatic heterocycles. The number of hydrogen-bond donors (Lipinski definition) is 1. The zero-order chi connectivity index (χ0) is 18.9. The van der Waals surface area contributed by atoms with Crippen LogP contribution in [0, 0.1) is 0 Å². The SMILES string of the molecule is O=C(c1cccc(Cl)c1)N1CC/C(=N\OS(=O)(=O)O)c2ccc(Cl)cc21. The Morgan fingerprint density at radius 3 is 2.58 bits per heavy atom. The summed E-state index contributed by atoms with van der Waals surface area (Å²) in [5.41, 5.74) is 1.59. The van der Waals surface area contributed by atoms with Gasteiger partial charge in [-0.1, -0.05) is 34.4 Å². The minimum atomic E-state index is -4.72. The number of fused-ring (bicyclic) bond motifs is 1. The fraction of sp³-hybridized carbons (Fsp3) is 0.125. The summed E-state index contributed by atoms with van der Waals surface area (Å²) in [7, 11) is -4.72. The molecule has 7 nitrogen and oxygen atoms in total. The van der Waals surface area contributed by atoms with Crippen molar-refractivity contribution in [3.63, 3.8) is 0 Å². The molecule has 0 aromatic heterocycles. The first-order valence-corrected chi connectivity index (χ1v) is 9.47. The molecule has 1 amide bonds. The van der Waals surface area contributed by atoms with Crippen molar-refractivity contribution in [3.05, 3.63) is 63.6 Å². The molecule has 0 spiro atoms. The highest BCUT2D eigenvalue weighted by atomic mass is 35.5. The lowest BCUT2D eigenvalue weighted by molar-refractivity contribution is 0.0987. The van der Waals surface area contributed by atoms with Gasteiger partial charge in [0.15, 0.2) is 0 Å². The van der Waals surface area contributed by atoms with Crippen molar-refractivity contribution in [2.45, 2.75) is 6.42 Å². The second kappa shape index (κ2) is 7.24. The van der Waals surface area contributed by atoms with Crippen LogP contribution in [0.25, 0.3) is 0 Å². The van der Waals surface area contributed by atoms with Gasteiger partial charge in [-0.3, -0.25) is 9.35 Å². The Hall–Kier alpha value is -2.13. The minimum absolute atomic E-state index is 0.215. The van der Waals surface area contributed by atoms with E-state index in [0.717, 1.165) is 0 Å². The largest absolute Gasteiger partial charge is 0.466 e. The van der Waals surface area contributed by atoms with E-state index in [1.54, 1.807) is 42.5 Å². The number of carbonyl (C=O) groups excluding carboxylic acids is 1. The molecule has 0 bridgehead atoms. The molecule has 136 valence electrons. The van der Waals surface area contributed by atoms with Crippen LogP contribution in [0.15, 0.2) is 47.6 Å². The van der Waals surface area contributed by atoms with Crippen LogP contribution in [0.5, 0.6) is 0 Å². The zero-order valence-electron chi connectivity index (χ0n) is 13.1. The van der Waals surface area contributed by atoms with Gasteiger partial charge in [0.1, 0.15) is 0 Å². The van der Waals surface area contributed by atoms with Gasteiger partial charge in [0.2, 0.25) is 0 Å². The summed E-state index contributed by atoms with van der Waals surface area (Å²) in [6, 6.07) is 11.3. The van der Waals surface area contributed by atoms with Crippen molar-refractivity contribution < 1.29 is 22.0 Å². The number of halogens is 2. The van der Waals surface area contributed by atoms with Gasteiger partial charge in [-0.05, 0) is 36.4 Å². The van der Waals surface area contributed by atoms with Gasteiger partial charge in [0.25, 0.3) is 5.91 Å². The van der Waals surface area contributed by atoms with Crippen LogP contribution in [0.3, 0.4) is 0 Å². The van der Waals surface area contributed by atoms with E-state index in [1.807, 2.05) is 0 Å². The van der Waals surface area contributed by atoms with E-state index in [2.05, 4.69) is 9.44 Å². The van der Waals surface area contributed by atoms with Crippen LogP contribution in [0.4, 0.5) is 5.69 Å². The second-order valence-electron chi connectivity index (χ2n) is 5.42. The molecular weight excluding hydrogens is 403 g/mol. The molecule has 2 aromatic rings. The average molecular weight is 415 g/mol. The Kier molecular flexibility index (Phi) is 5.19. The van der Waals surface area contributed by atoms with Crippen molar-refractivity contribution in [1.82, 2.24) is 0 Å². The van der Waals surface area contributed by atoms with Crippen molar-refractivity contribution in [1.29, 1.82) is 0 Å². The molecule has 2 aromatic carbocycles. The van der Waals surface area contributed by atoms with Gasteiger partial charge < -0.3 is 4.90 Å². The molecule has 0 saturated carbocycles. The lowest BCUT2D eigenvalue weighted by atomic mass is 9.98. The van der Waals surface area contributed by atoms with E-state index in [0.29, 0.717) is 26.9 Å². The predicted octanol–water partition coefficient (Wildman–Crippen LogP) is 3.57. The Balaban J connectivity index is 2.02. The van der Waals surface area contributed by atoms with E-state index in [-0.39, 0.29) is 24.6 Å². The molecular formula is C16H12Cl2N2O5S. The van der Waals surface area contributed by atoms with Crippen LogP contribution in [0.1, 0.15) is 22.3 Å². The number of oxime groups is 1. The van der Waals surface area contributed by atoms with E-state index in [9.17, 15) is 13.2 Å². The van der Waals surface area contributed by atoms with Gasteiger partial charge in [-0.2, -0.15) is 8.42 Å². The third kappa shape index (κ3) is 4.16. The summed E-state index contributed by atoms with van der Waals surface area (Å²) in [5.74, 6) is -0.286. The van der Waals surface area contributed by atoms with E-state index >= 15 is 0 Å². The molecule has 3 rings (SSSR count). The third-order valence-electron chi connectivity index (χ3n) is 3.69. The van der Waals surface area contributed by atoms with Crippen molar-refractivity contribution in [2.75, 3.05) is 11.4 Å². The number of anilines is 1. The molecule has 1 aliphatic rings. The van der Waals surface area contributed by atoms with Gasteiger partial charge in [0, 0.05) is 34.1 Å². The maximum atomic E-state index is 12.9. The standard InChI is InChI=1S/C16H12Cl2N2O5S/c17-11-3-1-2-10(8-11)16(21)20-7-6-14(19-25-26(22,23)24)13-5-4-12(18)9-15(13)20/h1-5,8-9H,6-7H2,(H,22,23,24)/b19-14+. The first kappa shape index (κ1) is 18.7. The number of amides is 1. The summed E-state index contributed by atoms with van der Waals surface area (Å²) in [6.45, 7) is 0.215. The number of hydrogen-bond acceptors (Lipinski definition) is 5. The van der Waals surface area contributed by atoms with Crippen molar-refractivity contribution >= 4 is 50.9 Å². The number of nitrogens with zero attached hydrogens (tertiary/aromatic N) is 2. The van der Waals surface area contributed by atoms with Crippen molar-refractivity contribution in [2.24, 2.45) is 5.16 Å². The molecule has 0 aliphatic carbocycles.